The van der Waals surface area contributed by atoms with E-state index in [1.54, 1.807) is 0 Å². The lowest BCUT2D eigenvalue weighted by Crippen LogP contribution is -2.43. The molecule has 0 radical (unpaired) electrons. The Hall–Kier alpha value is -0.120. The first-order valence-electron chi connectivity index (χ1n) is 6.75. The minimum absolute atomic E-state index is 0.206. The lowest BCUT2D eigenvalue weighted by molar-refractivity contribution is 0.167. The molecule has 4 unspecified atom stereocenters. The second-order valence-corrected chi connectivity index (χ2v) is 5.44. The van der Waals surface area contributed by atoms with Crippen LogP contribution in [0, 0.1) is 0 Å². The largest absolute Gasteiger partial charge is 0.393 e. The summed E-state index contributed by atoms with van der Waals surface area (Å²) in [5.74, 6) is 0. The van der Waals surface area contributed by atoms with Gasteiger partial charge in [-0.25, -0.2) is 0 Å². The van der Waals surface area contributed by atoms with Crippen molar-refractivity contribution in [2.45, 2.75) is 77.1 Å². The maximum Gasteiger partial charge on any atom is 0.0526 e. The summed E-state index contributed by atoms with van der Waals surface area (Å²) in [4.78, 5) is 0. The molecule has 0 aromatic carbocycles. The van der Waals surface area contributed by atoms with E-state index < -0.39 is 0 Å². The molecule has 0 aromatic heterocycles. The van der Waals surface area contributed by atoms with Crippen molar-refractivity contribution < 1.29 is 5.11 Å². The van der Waals surface area contributed by atoms with Gasteiger partial charge >= 0.3 is 0 Å². The predicted molar refractivity (Wildman–Crippen MR) is 68.6 cm³/mol. The van der Waals surface area contributed by atoms with Crippen LogP contribution in [-0.2, 0) is 0 Å². The molecular formula is C13H28N2O. The molecule has 0 bridgehead atoms. The Labute approximate surface area is 100 Å². The molecule has 1 rings (SSSR count). The zero-order valence-corrected chi connectivity index (χ0v) is 11.0. The molecule has 1 aliphatic heterocycles. The van der Waals surface area contributed by atoms with E-state index in [1.165, 1.54) is 32.2 Å². The van der Waals surface area contributed by atoms with Crippen molar-refractivity contribution in [3.63, 3.8) is 0 Å². The standard InChI is InChI=1S/C13H28N2O/c1-10(8-12(3)16)15-11(2)9-13-6-4-5-7-14-13/h10-16H,4-9H2,1-3H3. The van der Waals surface area contributed by atoms with Crippen LogP contribution in [0.5, 0.6) is 0 Å². The number of hydrogen-bond acceptors (Lipinski definition) is 3. The molecule has 3 nitrogen and oxygen atoms in total. The van der Waals surface area contributed by atoms with Crippen LogP contribution in [0.3, 0.4) is 0 Å². The molecule has 1 heterocycles. The van der Waals surface area contributed by atoms with E-state index in [0.29, 0.717) is 18.1 Å². The average molecular weight is 228 g/mol. The van der Waals surface area contributed by atoms with E-state index in [9.17, 15) is 5.11 Å². The van der Waals surface area contributed by atoms with Crippen LogP contribution in [0.2, 0.25) is 0 Å². The topological polar surface area (TPSA) is 44.3 Å². The van der Waals surface area contributed by atoms with Crippen molar-refractivity contribution in [2.24, 2.45) is 0 Å². The van der Waals surface area contributed by atoms with E-state index in [1.807, 2.05) is 6.92 Å². The summed E-state index contributed by atoms with van der Waals surface area (Å²) >= 11 is 0. The van der Waals surface area contributed by atoms with Crippen LogP contribution < -0.4 is 10.6 Å². The molecule has 0 aliphatic carbocycles. The van der Waals surface area contributed by atoms with E-state index >= 15 is 0 Å². The van der Waals surface area contributed by atoms with Crippen LogP contribution in [0.25, 0.3) is 0 Å². The number of aliphatic hydroxyl groups excluding tert-OH is 1. The van der Waals surface area contributed by atoms with Gasteiger partial charge in [-0.3, -0.25) is 0 Å². The van der Waals surface area contributed by atoms with Crippen molar-refractivity contribution in [3.8, 4) is 0 Å². The Balaban J connectivity index is 2.15. The highest BCUT2D eigenvalue weighted by Crippen LogP contribution is 2.12. The van der Waals surface area contributed by atoms with Crippen LogP contribution in [-0.4, -0.2) is 35.9 Å². The second kappa shape index (κ2) is 7.25. The molecule has 3 N–H and O–H groups in total. The van der Waals surface area contributed by atoms with Crippen molar-refractivity contribution in [3.05, 3.63) is 0 Å². The number of rotatable bonds is 6. The fraction of sp³-hybridized carbons (Fsp3) is 1.00. The molecule has 0 aromatic rings. The van der Waals surface area contributed by atoms with Gasteiger partial charge in [0.15, 0.2) is 0 Å². The minimum atomic E-state index is -0.206. The lowest BCUT2D eigenvalue weighted by atomic mass is 9.98. The van der Waals surface area contributed by atoms with Gasteiger partial charge in [0.25, 0.3) is 0 Å². The van der Waals surface area contributed by atoms with E-state index in [2.05, 4.69) is 24.5 Å². The maximum absolute atomic E-state index is 9.30. The van der Waals surface area contributed by atoms with Gasteiger partial charge in [0.2, 0.25) is 0 Å². The molecule has 1 saturated heterocycles. The normalized spacial score (nSPS) is 27.4. The molecule has 0 spiro atoms. The number of piperidine rings is 1. The van der Waals surface area contributed by atoms with Crippen molar-refractivity contribution >= 4 is 0 Å². The van der Waals surface area contributed by atoms with Crippen LogP contribution in [0.4, 0.5) is 0 Å². The first kappa shape index (κ1) is 13.9. The molecule has 0 amide bonds. The summed E-state index contributed by atoms with van der Waals surface area (Å²) in [5, 5.41) is 16.4. The van der Waals surface area contributed by atoms with Gasteiger partial charge in [0.1, 0.15) is 0 Å². The van der Waals surface area contributed by atoms with Crippen LogP contribution >= 0.6 is 0 Å². The summed E-state index contributed by atoms with van der Waals surface area (Å²) in [6.45, 7) is 7.43. The molecule has 1 fully saturated rings. The quantitative estimate of drug-likeness (QED) is 0.648. The smallest absolute Gasteiger partial charge is 0.0526 e. The molecular weight excluding hydrogens is 200 g/mol. The number of nitrogens with one attached hydrogen (secondary N) is 2. The monoisotopic (exact) mass is 228 g/mol. The van der Waals surface area contributed by atoms with Gasteiger partial charge in [-0.15, -0.1) is 0 Å². The maximum atomic E-state index is 9.30. The molecule has 4 atom stereocenters. The Bertz CT molecular complexity index is 179. The molecule has 96 valence electrons. The summed E-state index contributed by atoms with van der Waals surface area (Å²) in [7, 11) is 0. The highest BCUT2D eigenvalue weighted by Gasteiger charge is 2.17. The molecule has 16 heavy (non-hydrogen) atoms. The highest BCUT2D eigenvalue weighted by molar-refractivity contribution is 4.78. The van der Waals surface area contributed by atoms with Gasteiger partial charge in [0, 0.05) is 18.1 Å². The molecule has 0 saturated carbocycles. The number of aliphatic hydroxyl groups is 1. The van der Waals surface area contributed by atoms with Crippen molar-refractivity contribution in [1.82, 2.24) is 10.6 Å². The Morgan fingerprint density at radius 1 is 1.25 bits per heavy atom. The van der Waals surface area contributed by atoms with Crippen molar-refractivity contribution in [1.29, 1.82) is 0 Å². The Morgan fingerprint density at radius 3 is 2.56 bits per heavy atom. The fourth-order valence-corrected chi connectivity index (χ4v) is 2.69. The Kier molecular flexibility index (Phi) is 6.32. The predicted octanol–water partition coefficient (Wildman–Crippen LogP) is 1.66. The zero-order valence-electron chi connectivity index (χ0n) is 11.0. The third-order valence-electron chi connectivity index (χ3n) is 3.31. The molecule has 3 heteroatoms. The van der Waals surface area contributed by atoms with Gasteiger partial charge in [-0.1, -0.05) is 6.42 Å². The highest BCUT2D eigenvalue weighted by atomic mass is 16.3. The fourth-order valence-electron chi connectivity index (χ4n) is 2.69. The first-order valence-corrected chi connectivity index (χ1v) is 6.75. The van der Waals surface area contributed by atoms with Crippen LogP contribution in [0.15, 0.2) is 0 Å². The molecule has 1 aliphatic rings. The lowest BCUT2D eigenvalue weighted by Gasteiger charge is -2.28. The van der Waals surface area contributed by atoms with Crippen LogP contribution in [0.1, 0.15) is 52.9 Å². The third kappa shape index (κ3) is 5.83. The van der Waals surface area contributed by atoms with Gasteiger partial charge in [-0.05, 0) is 53.0 Å². The van der Waals surface area contributed by atoms with Gasteiger partial charge < -0.3 is 15.7 Å². The van der Waals surface area contributed by atoms with Gasteiger partial charge in [0.05, 0.1) is 6.10 Å². The third-order valence-corrected chi connectivity index (χ3v) is 3.31. The minimum Gasteiger partial charge on any atom is -0.393 e. The summed E-state index contributed by atoms with van der Waals surface area (Å²) in [6, 6.07) is 1.62. The summed E-state index contributed by atoms with van der Waals surface area (Å²) < 4.78 is 0. The van der Waals surface area contributed by atoms with E-state index in [4.69, 9.17) is 0 Å². The first-order chi connectivity index (χ1) is 7.58. The van der Waals surface area contributed by atoms with E-state index in [-0.39, 0.29) is 6.10 Å². The SMILES string of the molecule is CC(O)CC(C)NC(C)CC1CCCCN1. The summed E-state index contributed by atoms with van der Waals surface area (Å²) in [5.41, 5.74) is 0. The summed E-state index contributed by atoms with van der Waals surface area (Å²) in [6.07, 6.45) is 5.84. The second-order valence-electron chi connectivity index (χ2n) is 5.44. The van der Waals surface area contributed by atoms with Crippen molar-refractivity contribution in [2.75, 3.05) is 6.54 Å². The zero-order chi connectivity index (χ0) is 12.0. The average Bonchev–Trinajstić information content (AvgIpc) is 2.17. The number of hydrogen-bond donors (Lipinski definition) is 3. The van der Waals surface area contributed by atoms with E-state index in [0.717, 1.165) is 6.42 Å². The van der Waals surface area contributed by atoms with Gasteiger partial charge in [-0.2, -0.15) is 0 Å². The Morgan fingerprint density at radius 2 is 2.00 bits per heavy atom.